The molecule has 0 amide bonds. The lowest BCUT2D eigenvalue weighted by Gasteiger charge is -2.35. The molecule has 0 radical (unpaired) electrons. The molecule has 71 heavy (non-hydrogen) atoms. The Morgan fingerprint density at radius 2 is 0.972 bits per heavy atom. The Hall–Kier alpha value is -8.98. The molecule has 11 aromatic carbocycles. The summed E-state index contributed by atoms with van der Waals surface area (Å²) in [6.07, 6.45) is 9.35. The van der Waals surface area contributed by atoms with Crippen molar-refractivity contribution in [1.29, 1.82) is 0 Å². The molecule has 1 aromatic heterocycles. The number of allylic oxidation sites excluding steroid dienone is 4. The Labute approximate surface area is 414 Å². The second kappa shape index (κ2) is 16.6. The van der Waals surface area contributed by atoms with E-state index >= 15 is 0 Å². The minimum absolute atomic E-state index is 0.441. The average molecular weight is 905 g/mol. The lowest BCUT2D eigenvalue weighted by atomic mass is 9.66. The predicted molar refractivity (Wildman–Crippen MR) is 300 cm³/mol. The van der Waals surface area contributed by atoms with Gasteiger partial charge in [-0.05, 0) is 157 Å². The number of benzene rings is 11. The van der Waals surface area contributed by atoms with Crippen molar-refractivity contribution in [2.45, 2.75) is 18.3 Å². The zero-order chi connectivity index (χ0) is 46.9. The highest BCUT2D eigenvalue weighted by Gasteiger charge is 2.47. The molecule has 0 saturated carbocycles. The van der Waals surface area contributed by atoms with Crippen molar-refractivity contribution in [3.05, 3.63) is 289 Å². The number of fused-ring (bicyclic) bond motifs is 8. The van der Waals surface area contributed by atoms with Crippen molar-refractivity contribution in [3.63, 3.8) is 0 Å². The van der Waals surface area contributed by atoms with Crippen molar-refractivity contribution in [2.24, 2.45) is 0 Å². The molecule has 2 nitrogen and oxygen atoms in total. The lowest BCUT2D eigenvalue weighted by Crippen LogP contribution is -2.29. The molecule has 2 aliphatic rings. The van der Waals surface area contributed by atoms with Crippen LogP contribution in [0.25, 0.3) is 82.4 Å². The summed E-state index contributed by atoms with van der Waals surface area (Å²) in [6, 6.07) is 92.1. The third-order valence-corrected chi connectivity index (χ3v) is 15.2. The number of anilines is 3. The van der Waals surface area contributed by atoms with Gasteiger partial charge >= 0.3 is 0 Å². The second-order valence-corrected chi connectivity index (χ2v) is 19.1. The van der Waals surface area contributed by atoms with Gasteiger partial charge in [0.1, 0.15) is 0 Å². The van der Waals surface area contributed by atoms with E-state index in [9.17, 15) is 0 Å². The molecule has 2 heteroatoms. The van der Waals surface area contributed by atoms with Gasteiger partial charge in [0, 0.05) is 33.2 Å². The van der Waals surface area contributed by atoms with Crippen LogP contribution in [0.3, 0.4) is 0 Å². The Kier molecular flexibility index (Phi) is 9.60. The molecule has 2 aliphatic carbocycles. The molecule has 0 spiro atoms. The minimum Gasteiger partial charge on any atom is -0.310 e. The first-order chi connectivity index (χ1) is 35.2. The molecule has 0 bridgehead atoms. The van der Waals surface area contributed by atoms with Crippen LogP contribution in [0.4, 0.5) is 17.1 Å². The van der Waals surface area contributed by atoms with E-state index in [1.807, 2.05) is 0 Å². The maximum absolute atomic E-state index is 2.52. The number of hydrogen-bond acceptors (Lipinski definition) is 1. The fourth-order valence-electron chi connectivity index (χ4n) is 12.0. The summed E-state index contributed by atoms with van der Waals surface area (Å²) in [5.74, 6) is 0. The molecule has 0 aliphatic heterocycles. The highest BCUT2D eigenvalue weighted by molar-refractivity contribution is 6.11. The van der Waals surface area contributed by atoms with Crippen LogP contribution in [0.2, 0.25) is 0 Å². The Morgan fingerprint density at radius 1 is 0.380 bits per heavy atom. The smallest absolute Gasteiger partial charge is 0.0710 e. The van der Waals surface area contributed by atoms with Gasteiger partial charge in [0.15, 0.2) is 0 Å². The van der Waals surface area contributed by atoms with Crippen LogP contribution in [0.15, 0.2) is 273 Å². The fourth-order valence-corrected chi connectivity index (χ4v) is 12.0. The first kappa shape index (κ1) is 41.0. The lowest BCUT2D eigenvalue weighted by molar-refractivity contribution is 0.753. The normalized spacial score (nSPS) is 13.7. The molecule has 0 fully saturated rings. The third-order valence-electron chi connectivity index (χ3n) is 15.2. The highest BCUT2D eigenvalue weighted by atomic mass is 15.1. The highest BCUT2D eigenvalue weighted by Crippen LogP contribution is 2.57. The van der Waals surface area contributed by atoms with E-state index in [1.165, 1.54) is 99.0 Å². The SMILES string of the molecule is C1=CC(C2(c3ccc4c(c3)c3cc(-c5ccc6cc(N(c7ccc(-c8ccccc8)cc7)c7cccc8ccccc78)ccc6c5)ccc3n4-c3ccccc3)c3ccccc3-c3ccccc32)=CCC1. The number of nitrogens with zero attached hydrogens (tertiary/aromatic N) is 2. The summed E-state index contributed by atoms with van der Waals surface area (Å²) in [6.45, 7) is 0. The predicted octanol–water partition coefficient (Wildman–Crippen LogP) is 18.5. The molecular weight excluding hydrogens is 857 g/mol. The van der Waals surface area contributed by atoms with Gasteiger partial charge in [-0.3, -0.25) is 0 Å². The Balaban J connectivity index is 0.912. The van der Waals surface area contributed by atoms with E-state index in [0.717, 1.165) is 35.6 Å². The molecule has 0 atom stereocenters. The number of hydrogen-bond donors (Lipinski definition) is 0. The van der Waals surface area contributed by atoms with E-state index in [0.29, 0.717) is 0 Å². The average Bonchev–Trinajstić information content (AvgIpc) is 3.94. The third kappa shape index (κ3) is 6.56. The maximum atomic E-state index is 2.52. The van der Waals surface area contributed by atoms with Crippen molar-refractivity contribution in [2.75, 3.05) is 4.90 Å². The van der Waals surface area contributed by atoms with Gasteiger partial charge in [-0.2, -0.15) is 0 Å². The van der Waals surface area contributed by atoms with Crippen LogP contribution in [-0.4, -0.2) is 4.57 Å². The topological polar surface area (TPSA) is 8.17 Å². The van der Waals surface area contributed by atoms with E-state index in [-0.39, 0.29) is 0 Å². The molecule has 1 heterocycles. The van der Waals surface area contributed by atoms with Crippen LogP contribution in [-0.2, 0) is 5.41 Å². The van der Waals surface area contributed by atoms with Gasteiger partial charge in [0.25, 0.3) is 0 Å². The summed E-state index contributed by atoms with van der Waals surface area (Å²) in [5, 5.41) is 7.31. The monoisotopic (exact) mass is 904 g/mol. The van der Waals surface area contributed by atoms with Crippen molar-refractivity contribution >= 4 is 60.4 Å². The first-order valence-electron chi connectivity index (χ1n) is 24.9. The number of rotatable bonds is 8. The second-order valence-electron chi connectivity index (χ2n) is 19.1. The Bertz CT molecular complexity index is 4050. The van der Waals surface area contributed by atoms with Crippen molar-refractivity contribution in [1.82, 2.24) is 4.57 Å². The van der Waals surface area contributed by atoms with Crippen molar-refractivity contribution in [3.8, 4) is 39.1 Å². The van der Waals surface area contributed by atoms with E-state index in [4.69, 9.17) is 0 Å². The van der Waals surface area contributed by atoms with Gasteiger partial charge in [-0.1, -0.05) is 194 Å². The van der Waals surface area contributed by atoms with Gasteiger partial charge in [-0.25, -0.2) is 0 Å². The maximum Gasteiger partial charge on any atom is 0.0710 e. The molecule has 0 saturated heterocycles. The van der Waals surface area contributed by atoms with Crippen LogP contribution < -0.4 is 4.90 Å². The van der Waals surface area contributed by atoms with Gasteiger partial charge < -0.3 is 9.47 Å². The summed E-state index contributed by atoms with van der Waals surface area (Å²) in [4.78, 5) is 2.41. The number of para-hydroxylation sites is 1. The van der Waals surface area contributed by atoms with E-state index < -0.39 is 5.41 Å². The Morgan fingerprint density at radius 3 is 1.75 bits per heavy atom. The molecule has 12 aromatic rings. The van der Waals surface area contributed by atoms with Crippen LogP contribution in [0.1, 0.15) is 29.5 Å². The van der Waals surface area contributed by atoms with Gasteiger partial charge in [0.2, 0.25) is 0 Å². The zero-order valence-electron chi connectivity index (χ0n) is 39.2. The van der Waals surface area contributed by atoms with E-state index in [1.54, 1.807) is 0 Å². The van der Waals surface area contributed by atoms with Gasteiger partial charge in [-0.15, -0.1) is 0 Å². The fraction of sp³-hybridized carbons (Fsp3) is 0.0435. The largest absolute Gasteiger partial charge is 0.310 e. The molecule has 14 rings (SSSR count). The van der Waals surface area contributed by atoms with Gasteiger partial charge in [0.05, 0.1) is 22.1 Å². The summed E-state index contributed by atoms with van der Waals surface area (Å²) < 4.78 is 2.44. The van der Waals surface area contributed by atoms with Crippen LogP contribution in [0.5, 0.6) is 0 Å². The van der Waals surface area contributed by atoms with E-state index in [2.05, 4.69) is 276 Å². The number of aromatic nitrogens is 1. The van der Waals surface area contributed by atoms with Crippen molar-refractivity contribution < 1.29 is 0 Å². The zero-order valence-corrected chi connectivity index (χ0v) is 39.2. The van der Waals surface area contributed by atoms with Crippen LogP contribution in [0, 0.1) is 0 Å². The molecule has 0 N–H and O–H groups in total. The molecular formula is C69H48N2. The summed E-state index contributed by atoms with van der Waals surface area (Å²) in [7, 11) is 0. The standard InChI is InChI=1S/C69H48N2/c1-4-17-47(18-5-1)48-33-38-57(39-34-48)70(66-30-16-20-49-19-10-11-25-59(49)66)58-40-35-51-43-50(31-32-52(51)44-58)53-36-41-67-62(45-53)63-46-55(37-42-68(63)71(67)56-23-8-3-9-24-56)69(54-21-6-2-7-22-54)64-28-14-12-26-60(64)61-27-13-15-29-65(61)69/h1,3-6,8-46H,2,7H2. The minimum atomic E-state index is -0.441. The molecule has 334 valence electrons. The summed E-state index contributed by atoms with van der Waals surface area (Å²) >= 11 is 0. The quantitative estimate of drug-likeness (QED) is 0.147. The van der Waals surface area contributed by atoms with Crippen LogP contribution >= 0.6 is 0 Å². The summed E-state index contributed by atoms with van der Waals surface area (Å²) in [5.41, 5.74) is 19.3. The first-order valence-corrected chi connectivity index (χ1v) is 24.9. The molecule has 0 unspecified atom stereocenters.